The fourth-order valence-corrected chi connectivity index (χ4v) is 10.4. The van der Waals surface area contributed by atoms with E-state index in [9.17, 15) is 24.0 Å². The van der Waals surface area contributed by atoms with E-state index < -0.39 is 35.5 Å². The minimum Gasteiger partial charge on any atom is -0.490 e. The molecule has 0 bridgehead atoms. The fourth-order valence-electron chi connectivity index (χ4n) is 10.1. The predicted molar refractivity (Wildman–Crippen MR) is 221 cm³/mol. The number of hydrogen-bond acceptors (Lipinski definition) is 12. The van der Waals surface area contributed by atoms with Crippen molar-refractivity contribution in [2.75, 3.05) is 55.6 Å². The van der Waals surface area contributed by atoms with Crippen LogP contribution in [0.1, 0.15) is 101 Å². The number of amides is 5. The van der Waals surface area contributed by atoms with Crippen molar-refractivity contribution in [2.45, 2.75) is 82.4 Å². The van der Waals surface area contributed by atoms with Crippen molar-refractivity contribution in [1.29, 1.82) is 5.26 Å². The van der Waals surface area contributed by atoms with Crippen LogP contribution in [0.2, 0.25) is 5.02 Å². The Hall–Kier alpha value is -5.66. The number of benzene rings is 2. The largest absolute Gasteiger partial charge is 0.490 e. The number of nitrogens with zero attached hydrogens (tertiary/aromatic N) is 7. The maximum Gasteiger partial charge on any atom is 0.272 e. The zero-order chi connectivity index (χ0) is 42.4. The van der Waals surface area contributed by atoms with Gasteiger partial charge in [0.2, 0.25) is 11.8 Å². The van der Waals surface area contributed by atoms with E-state index in [1.807, 2.05) is 11.0 Å². The minimum absolute atomic E-state index is 0.00899. The summed E-state index contributed by atoms with van der Waals surface area (Å²) in [6, 6.07) is 12.2. The molecule has 15 nitrogen and oxygen atoms in total. The third-order valence-corrected chi connectivity index (χ3v) is 13.8. The lowest BCUT2D eigenvalue weighted by Crippen LogP contribution is -2.54. The molecule has 0 radical (unpaired) electrons. The Morgan fingerprint density at radius 1 is 0.902 bits per heavy atom. The molecule has 4 saturated heterocycles. The maximum atomic E-state index is 15.5. The van der Waals surface area contributed by atoms with E-state index in [-0.39, 0.29) is 53.1 Å². The second kappa shape index (κ2) is 16.7. The Morgan fingerprint density at radius 2 is 1.66 bits per heavy atom. The van der Waals surface area contributed by atoms with Crippen molar-refractivity contribution < 1.29 is 33.1 Å². The summed E-state index contributed by atoms with van der Waals surface area (Å²) < 4.78 is 21.6. The second-order valence-corrected chi connectivity index (χ2v) is 17.9. The van der Waals surface area contributed by atoms with Gasteiger partial charge in [0.1, 0.15) is 23.7 Å². The van der Waals surface area contributed by atoms with Crippen LogP contribution in [0.3, 0.4) is 0 Å². The van der Waals surface area contributed by atoms with Crippen molar-refractivity contribution in [3.8, 4) is 11.8 Å². The first kappa shape index (κ1) is 40.7. The maximum absolute atomic E-state index is 15.5. The Labute approximate surface area is 357 Å². The van der Waals surface area contributed by atoms with E-state index in [2.05, 4.69) is 36.7 Å². The Kier molecular flexibility index (Phi) is 11.1. The number of halogens is 2. The predicted octanol–water partition coefficient (Wildman–Crippen LogP) is 4.48. The molecule has 2 atom stereocenters. The lowest BCUT2D eigenvalue weighted by Gasteiger charge is -2.36. The van der Waals surface area contributed by atoms with Crippen molar-refractivity contribution in [3.05, 3.63) is 75.7 Å². The van der Waals surface area contributed by atoms with E-state index in [0.717, 1.165) is 101 Å². The van der Waals surface area contributed by atoms with Gasteiger partial charge in [0.15, 0.2) is 11.5 Å². The normalized spacial score (nSPS) is 25.9. The van der Waals surface area contributed by atoms with E-state index in [1.54, 1.807) is 24.3 Å². The van der Waals surface area contributed by atoms with Crippen LogP contribution in [-0.4, -0.2) is 114 Å². The first-order chi connectivity index (χ1) is 29.5. The summed E-state index contributed by atoms with van der Waals surface area (Å²) in [5, 5.41) is 23.6. The summed E-state index contributed by atoms with van der Waals surface area (Å²) >= 11 is 6.15. The zero-order valence-electron chi connectivity index (χ0n) is 33.7. The molecule has 2 aromatic carbocycles. The minimum atomic E-state index is -1.10. The number of likely N-dealkylation sites (tertiary alicyclic amines) is 1. The summed E-state index contributed by atoms with van der Waals surface area (Å²) in [5.74, 6) is -1.47. The molecule has 5 amide bonds. The lowest BCUT2D eigenvalue weighted by molar-refractivity contribution is -0.136. The molecule has 2 unspecified atom stereocenters. The monoisotopic (exact) mass is 851 g/mol. The quantitative estimate of drug-likeness (QED) is 0.289. The third kappa shape index (κ3) is 8.25. The summed E-state index contributed by atoms with van der Waals surface area (Å²) in [4.78, 5) is 71.3. The van der Waals surface area contributed by atoms with Crippen molar-refractivity contribution in [3.63, 3.8) is 0 Å². The van der Waals surface area contributed by atoms with Crippen LogP contribution < -0.4 is 25.2 Å². The summed E-state index contributed by atoms with van der Waals surface area (Å²) in [6.45, 7) is 5.94. The van der Waals surface area contributed by atoms with Gasteiger partial charge in [0.05, 0.1) is 33.5 Å². The van der Waals surface area contributed by atoms with Crippen LogP contribution in [0.15, 0.2) is 42.5 Å². The van der Waals surface area contributed by atoms with Crippen molar-refractivity contribution in [2.24, 2.45) is 11.3 Å². The van der Waals surface area contributed by atoms with Gasteiger partial charge >= 0.3 is 0 Å². The SMILES string of the molecule is N#Cc1ccc(OC2CCC(NC(=O)c3ccc(N4CCC5(CCN(CC6CCN(c7cc8c(cc7F)C(=O)N(C7CCC(=O)NC7=O)C8=O)CC6)C5)C4)nn3)CC2)cc1Cl. The van der Waals surface area contributed by atoms with Crippen LogP contribution >= 0.6 is 11.6 Å². The highest BCUT2D eigenvalue weighted by Crippen LogP contribution is 2.42. The number of nitriles is 1. The number of nitrogens with one attached hydrogen (secondary N) is 2. The van der Waals surface area contributed by atoms with E-state index >= 15 is 4.39 Å². The molecule has 318 valence electrons. The number of rotatable bonds is 9. The molecule has 6 aliphatic rings. The number of anilines is 2. The molecule has 9 rings (SSSR count). The molecular weight excluding hydrogens is 805 g/mol. The van der Waals surface area contributed by atoms with E-state index in [0.29, 0.717) is 41.0 Å². The van der Waals surface area contributed by atoms with Gasteiger partial charge in [-0.2, -0.15) is 5.26 Å². The summed E-state index contributed by atoms with van der Waals surface area (Å²) in [6.07, 6.45) is 7.05. The first-order valence-electron chi connectivity index (χ1n) is 21.2. The Bertz CT molecular complexity index is 2310. The molecule has 1 saturated carbocycles. The van der Waals surface area contributed by atoms with Gasteiger partial charge in [0, 0.05) is 63.2 Å². The van der Waals surface area contributed by atoms with Crippen LogP contribution in [0.25, 0.3) is 0 Å². The van der Waals surface area contributed by atoms with Crippen molar-refractivity contribution >= 4 is 52.6 Å². The molecule has 6 heterocycles. The average Bonchev–Trinajstić information content (AvgIpc) is 3.93. The number of imide groups is 2. The number of ether oxygens (including phenoxy) is 1. The van der Waals surface area contributed by atoms with Crippen LogP contribution in [-0.2, 0) is 9.59 Å². The Balaban J connectivity index is 0.720. The molecule has 1 spiro atoms. The smallest absolute Gasteiger partial charge is 0.272 e. The van der Waals surface area contributed by atoms with Crippen LogP contribution in [0, 0.1) is 28.5 Å². The topological polar surface area (TPSA) is 181 Å². The molecular formula is C44H47ClFN9O6. The highest BCUT2D eigenvalue weighted by atomic mass is 35.5. The van der Waals surface area contributed by atoms with E-state index in [4.69, 9.17) is 21.6 Å². The van der Waals surface area contributed by atoms with Crippen molar-refractivity contribution in [1.82, 2.24) is 30.6 Å². The van der Waals surface area contributed by atoms with Gasteiger partial charge in [-0.1, -0.05) is 11.6 Å². The number of carbonyl (C=O) groups excluding carboxylic acids is 5. The second-order valence-electron chi connectivity index (χ2n) is 17.5. The molecule has 61 heavy (non-hydrogen) atoms. The number of aromatic nitrogens is 2. The van der Waals surface area contributed by atoms with Gasteiger partial charge in [0.25, 0.3) is 17.7 Å². The number of piperidine rings is 2. The van der Waals surface area contributed by atoms with Gasteiger partial charge in [-0.05, 0) is 107 Å². The van der Waals surface area contributed by atoms with Gasteiger partial charge in [-0.3, -0.25) is 34.2 Å². The highest BCUT2D eigenvalue weighted by molar-refractivity contribution is 6.31. The summed E-state index contributed by atoms with van der Waals surface area (Å²) in [5.41, 5.74) is 1.17. The first-order valence-corrected chi connectivity index (χ1v) is 21.6. The molecule has 5 fully saturated rings. The average molecular weight is 852 g/mol. The van der Waals surface area contributed by atoms with Gasteiger partial charge in [-0.15, -0.1) is 10.2 Å². The summed E-state index contributed by atoms with van der Waals surface area (Å²) in [7, 11) is 0. The zero-order valence-corrected chi connectivity index (χ0v) is 34.5. The fraction of sp³-hybridized carbons (Fsp3) is 0.500. The van der Waals surface area contributed by atoms with Gasteiger partial charge < -0.3 is 24.8 Å². The molecule has 3 aromatic rings. The highest BCUT2D eigenvalue weighted by Gasteiger charge is 2.46. The standard InChI is InChI=1S/C44H47ClFN9O6/c45-33-19-30(4-1-27(33)22-47)61-29-5-2-28(3-6-29)48-40(57)35-7-9-38(51-50-35)54-18-14-44(25-54)13-17-52(24-44)23-26-11-15-53(16-12-26)37-21-32-31(20-34(37)46)42(59)55(43(32)60)36-8-10-39(56)49-41(36)58/h1,4,7,9,19-21,26,28-29,36H,2-3,5-6,8,10-18,23-25H2,(H,48,57)(H,49,56,58). The number of fused-ring (bicyclic) bond motifs is 1. The number of carbonyl (C=O) groups is 5. The molecule has 1 aliphatic carbocycles. The van der Waals surface area contributed by atoms with Gasteiger partial charge in [-0.25, -0.2) is 4.39 Å². The Morgan fingerprint density at radius 3 is 2.36 bits per heavy atom. The molecule has 5 aliphatic heterocycles. The third-order valence-electron chi connectivity index (χ3n) is 13.5. The van der Waals surface area contributed by atoms with Crippen LogP contribution in [0.5, 0.6) is 5.75 Å². The van der Waals surface area contributed by atoms with E-state index in [1.165, 1.54) is 6.07 Å². The molecule has 17 heteroatoms. The number of hydrogen-bond donors (Lipinski definition) is 2. The molecule has 1 aromatic heterocycles. The lowest BCUT2D eigenvalue weighted by atomic mass is 9.86. The van der Waals surface area contributed by atoms with Crippen LogP contribution in [0.4, 0.5) is 15.9 Å². The molecule has 2 N–H and O–H groups in total.